The van der Waals surface area contributed by atoms with Crippen molar-refractivity contribution in [2.24, 2.45) is 0 Å². The van der Waals surface area contributed by atoms with Crippen molar-refractivity contribution in [1.82, 2.24) is 0 Å². The van der Waals surface area contributed by atoms with Gasteiger partial charge in [0.2, 0.25) is 0 Å². The minimum Gasteiger partial charge on any atom is -0.453 e. The molecule has 4 aromatic carbocycles. The summed E-state index contributed by atoms with van der Waals surface area (Å²) in [5.41, 5.74) is 3.48. The van der Waals surface area contributed by atoms with Crippen molar-refractivity contribution >= 4 is 5.97 Å². The lowest BCUT2D eigenvalue weighted by atomic mass is 10.1. The van der Waals surface area contributed by atoms with Crippen LogP contribution in [-0.2, 0) is 38.8 Å². The van der Waals surface area contributed by atoms with Crippen LogP contribution in [0.3, 0.4) is 0 Å². The normalized spacial score (nSPS) is 13.2. The average molecular weight is 523 g/mol. The predicted molar refractivity (Wildman–Crippen MR) is 152 cm³/mol. The van der Waals surface area contributed by atoms with Crippen molar-refractivity contribution in [1.29, 1.82) is 0 Å². The lowest BCUT2D eigenvalue weighted by molar-refractivity contribution is -0.137. The van der Waals surface area contributed by atoms with E-state index in [4.69, 9.17) is 18.9 Å². The van der Waals surface area contributed by atoms with Gasteiger partial charge < -0.3 is 18.9 Å². The number of hydrogen-bond donors (Lipinski definition) is 0. The van der Waals surface area contributed by atoms with Gasteiger partial charge in [-0.2, -0.15) is 0 Å². The predicted octanol–water partition coefficient (Wildman–Crippen LogP) is 6.79. The van der Waals surface area contributed by atoms with Crippen LogP contribution in [0, 0.1) is 0 Å². The SMILES string of the molecule is C=CC(OCc1ccccc1)C(OCc1ccccc1)C(COCc1ccccc1)OC(=O)c1ccccc1. The van der Waals surface area contributed by atoms with E-state index in [0.717, 1.165) is 16.7 Å². The number of carbonyl (C=O) groups is 1. The Hall–Kier alpha value is -4.03. The first-order valence-electron chi connectivity index (χ1n) is 13.0. The van der Waals surface area contributed by atoms with Crippen LogP contribution in [0.15, 0.2) is 134 Å². The molecule has 0 spiro atoms. The van der Waals surface area contributed by atoms with Gasteiger partial charge in [0.1, 0.15) is 12.2 Å². The highest BCUT2D eigenvalue weighted by Gasteiger charge is 2.33. The number of rotatable bonds is 15. The molecule has 0 saturated carbocycles. The van der Waals surface area contributed by atoms with Crippen LogP contribution in [-0.4, -0.2) is 30.9 Å². The summed E-state index contributed by atoms with van der Waals surface area (Å²) < 4.78 is 24.8. The van der Waals surface area contributed by atoms with Crippen molar-refractivity contribution in [2.45, 2.75) is 38.1 Å². The molecule has 5 heteroatoms. The summed E-state index contributed by atoms with van der Waals surface area (Å²) in [6, 6.07) is 38.5. The highest BCUT2D eigenvalue weighted by Crippen LogP contribution is 2.20. The van der Waals surface area contributed by atoms with Gasteiger partial charge in [-0.1, -0.05) is 115 Å². The lowest BCUT2D eigenvalue weighted by Gasteiger charge is -2.32. The second-order valence-electron chi connectivity index (χ2n) is 9.07. The fourth-order valence-electron chi connectivity index (χ4n) is 4.09. The van der Waals surface area contributed by atoms with Gasteiger partial charge in [-0.15, -0.1) is 6.58 Å². The van der Waals surface area contributed by atoms with Crippen LogP contribution >= 0.6 is 0 Å². The number of benzene rings is 4. The van der Waals surface area contributed by atoms with Gasteiger partial charge in [-0.05, 0) is 28.8 Å². The second-order valence-corrected chi connectivity index (χ2v) is 9.07. The Labute approximate surface area is 230 Å². The maximum Gasteiger partial charge on any atom is 0.338 e. The Morgan fingerprint density at radius 2 is 1.10 bits per heavy atom. The summed E-state index contributed by atoms with van der Waals surface area (Å²) >= 11 is 0. The molecule has 4 aromatic rings. The zero-order valence-corrected chi connectivity index (χ0v) is 21.9. The quantitative estimate of drug-likeness (QED) is 0.127. The maximum absolute atomic E-state index is 13.2. The Balaban J connectivity index is 1.56. The van der Waals surface area contributed by atoms with Crippen LogP contribution in [0.1, 0.15) is 27.0 Å². The van der Waals surface area contributed by atoms with E-state index >= 15 is 0 Å². The third-order valence-corrected chi connectivity index (χ3v) is 6.15. The van der Waals surface area contributed by atoms with E-state index in [-0.39, 0.29) is 6.61 Å². The van der Waals surface area contributed by atoms with Gasteiger partial charge in [0.05, 0.1) is 32.0 Å². The Bertz CT molecular complexity index is 1250. The fourth-order valence-corrected chi connectivity index (χ4v) is 4.09. The van der Waals surface area contributed by atoms with E-state index in [9.17, 15) is 4.79 Å². The molecule has 5 nitrogen and oxygen atoms in total. The standard InChI is InChI=1S/C34H34O5/c1-2-31(37-24-28-17-9-4-10-18-28)33(38-25-29-19-11-5-12-20-29)32(26-36-23-27-15-7-3-8-16-27)39-34(35)30-21-13-6-14-22-30/h2-22,31-33H,1,23-26H2. The molecule has 4 rings (SSSR count). The van der Waals surface area contributed by atoms with Gasteiger partial charge >= 0.3 is 5.97 Å². The number of esters is 1. The van der Waals surface area contributed by atoms with Crippen molar-refractivity contribution in [3.05, 3.63) is 156 Å². The molecule has 0 aliphatic heterocycles. The largest absolute Gasteiger partial charge is 0.453 e. The summed E-state index contributed by atoms with van der Waals surface area (Å²) in [6.45, 7) is 5.16. The van der Waals surface area contributed by atoms with Crippen molar-refractivity contribution in [2.75, 3.05) is 6.61 Å². The van der Waals surface area contributed by atoms with Gasteiger partial charge in [0.15, 0.2) is 6.10 Å². The minimum atomic E-state index is -0.760. The second kappa shape index (κ2) is 15.4. The summed E-state index contributed by atoms with van der Waals surface area (Å²) in [5, 5.41) is 0. The molecule has 39 heavy (non-hydrogen) atoms. The van der Waals surface area contributed by atoms with Crippen molar-refractivity contribution in [3.8, 4) is 0 Å². The van der Waals surface area contributed by atoms with Crippen LogP contribution in [0.2, 0.25) is 0 Å². The molecule has 0 fully saturated rings. The first-order chi connectivity index (χ1) is 19.2. The third kappa shape index (κ3) is 9.04. The molecule has 0 radical (unpaired) electrons. The first-order valence-corrected chi connectivity index (χ1v) is 13.0. The molecule has 200 valence electrons. The first kappa shape index (κ1) is 28.0. The van der Waals surface area contributed by atoms with Crippen LogP contribution < -0.4 is 0 Å². The molecule has 0 aliphatic rings. The Morgan fingerprint density at radius 1 is 0.641 bits per heavy atom. The van der Waals surface area contributed by atoms with E-state index in [1.807, 2.05) is 97.1 Å². The molecule has 0 bridgehead atoms. The van der Waals surface area contributed by atoms with Gasteiger partial charge in [0, 0.05) is 0 Å². The summed E-state index contributed by atoms with van der Waals surface area (Å²) in [4.78, 5) is 13.2. The number of carbonyl (C=O) groups excluding carboxylic acids is 1. The summed E-state index contributed by atoms with van der Waals surface area (Å²) in [5.74, 6) is -0.455. The van der Waals surface area contributed by atoms with E-state index in [0.29, 0.717) is 25.4 Å². The molecule has 0 amide bonds. The average Bonchev–Trinajstić information content (AvgIpc) is 3.00. The van der Waals surface area contributed by atoms with Crippen LogP contribution in [0.25, 0.3) is 0 Å². The fraction of sp³-hybridized carbons (Fsp3) is 0.206. The monoisotopic (exact) mass is 522 g/mol. The maximum atomic E-state index is 13.2. The molecule has 0 heterocycles. The lowest BCUT2D eigenvalue weighted by Crippen LogP contribution is -2.45. The van der Waals surface area contributed by atoms with Crippen molar-refractivity contribution < 1.29 is 23.7 Å². The zero-order chi connectivity index (χ0) is 27.1. The molecule has 3 unspecified atom stereocenters. The van der Waals surface area contributed by atoms with Gasteiger partial charge in [0.25, 0.3) is 0 Å². The molecule has 0 aromatic heterocycles. The highest BCUT2D eigenvalue weighted by atomic mass is 16.6. The van der Waals surface area contributed by atoms with Gasteiger partial charge in [-0.25, -0.2) is 4.79 Å². The van der Waals surface area contributed by atoms with Crippen LogP contribution in [0.5, 0.6) is 0 Å². The topological polar surface area (TPSA) is 54.0 Å². The molecule has 3 atom stereocenters. The van der Waals surface area contributed by atoms with E-state index < -0.39 is 24.3 Å². The zero-order valence-electron chi connectivity index (χ0n) is 21.9. The minimum absolute atomic E-state index is 0.117. The Kier molecular flexibility index (Phi) is 11.1. The molecule has 0 N–H and O–H groups in total. The van der Waals surface area contributed by atoms with E-state index in [1.165, 1.54) is 0 Å². The molecular weight excluding hydrogens is 488 g/mol. The molecule has 0 aliphatic carbocycles. The molecular formula is C34H34O5. The van der Waals surface area contributed by atoms with E-state index in [2.05, 4.69) is 6.58 Å². The number of hydrogen-bond acceptors (Lipinski definition) is 5. The summed E-state index contributed by atoms with van der Waals surface area (Å²) in [6.07, 6.45) is -0.305. The molecule has 0 saturated heterocycles. The number of ether oxygens (including phenoxy) is 4. The van der Waals surface area contributed by atoms with E-state index in [1.54, 1.807) is 30.3 Å². The van der Waals surface area contributed by atoms with Gasteiger partial charge in [-0.3, -0.25) is 0 Å². The third-order valence-electron chi connectivity index (χ3n) is 6.15. The van der Waals surface area contributed by atoms with Crippen molar-refractivity contribution in [3.63, 3.8) is 0 Å². The Morgan fingerprint density at radius 3 is 1.62 bits per heavy atom. The smallest absolute Gasteiger partial charge is 0.338 e. The highest BCUT2D eigenvalue weighted by molar-refractivity contribution is 5.89. The van der Waals surface area contributed by atoms with Crippen LogP contribution in [0.4, 0.5) is 0 Å². The summed E-state index contributed by atoms with van der Waals surface area (Å²) in [7, 11) is 0.